The molecule has 0 radical (unpaired) electrons. The zero-order chi connectivity index (χ0) is 14.8. The van der Waals surface area contributed by atoms with E-state index in [1.165, 1.54) is 24.8 Å². The van der Waals surface area contributed by atoms with Crippen LogP contribution < -0.4 is 0 Å². The smallest absolute Gasteiger partial charge is 0.0982 e. The quantitative estimate of drug-likeness (QED) is 0.780. The minimum Gasteiger partial charge on any atom is -0.392 e. The number of aliphatic hydroxyl groups is 1. The number of rotatable bonds is 6. The van der Waals surface area contributed by atoms with Gasteiger partial charge >= 0.3 is 0 Å². The number of aliphatic hydroxyl groups excluding tert-OH is 1. The summed E-state index contributed by atoms with van der Waals surface area (Å²) in [6, 6.07) is 8.17. The third-order valence-corrected chi connectivity index (χ3v) is 5.17. The fourth-order valence-corrected chi connectivity index (χ4v) is 3.20. The molecule has 2 unspecified atom stereocenters. The molecule has 1 fully saturated rings. The second-order valence-corrected chi connectivity index (χ2v) is 6.71. The van der Waals surface area contributed by atoms with Gasteiger partial charge in [-0.2, -0.15) is 0 Å². The Morgan fingerprint density at radius 1 is 1.10 bits per heavy atom. The summed E-state index contributed by atoms with van der Waals surface area (Å²) < 4.78 is 6.29. The molecule has 1 aliphatic rings. The first-order chi connectivity index (χ1) is 9.45. The molecule has 1 N–H and O–H groups in total. The van der Waals surface area contributed by atoms with E-state index in [0.717, 1.165) is 12.0 Å². The van der Waals surface area contributed by atoms with Crippen LogP contribution in [0.4, 0.5) is 0 Å². The largest absolute Gasteiger partial charge is 0.392 e. The van der Waals surface area contributed by atoms with E-state index in [2.05, 4.69) is 39.8 Å². The van der Waals surface area contributed by atoms with E-state index in [4.69, 9.17) is 9.84 Å². The van der Waals surface area contributed by atoms with E-state index in [-0.39, 0.29) is 17.6 Å². The predicted molar refractivity (Wildman–Crippen MR) is 82.5 cm³/mol. The van der Waals surface area contributed by atoms with Crippen molar-refractivity contribution in [2.24, 2.45) is 5.41 Å². The summed E-state index contributed by atoms with van der Waals surface area (Å²) in [5, 5.41) is 9.14. The highest BCUT2D eigenvalue weighted by Gasteiger charge is 2.58. The van der Waals surface area contributed by atoms with E-state index in [1.807, 2.05) is 12.1 Å². The van der Waals surface area contributed by atoms with Crippen molar-refractivity contribution in [3.63, 3.8) is 0 Å². The van der Waals surface area contributed by atoms with Gasteiger partial charge in [0.2, 0.25) is 0 Å². The topological polar surface area (TPSA) is 29.5 Å². The maximum Gasteiger partial charge on any atom is 0.0982 e. The highest BCUT2D eigenvalue weighted by atomic mass is 16.5. The predicted octanol–water partition coefficient (Wildman–Crippen LogP) is 4.40. The lowest BCUT2D eigenvalue weighted by Gasteiger charge is -2.60. The Morgan fingerprint density at radius 3 is 2.25 bits per heavy atom. The molecule has 1 aromatic rings. The van der Waals surface area contributed by atoms with Crippen molar-refractivity contribution in [2.45, 2.75) is 71.7 Å². The lowest BCUT2D eigenvalue weighted by Crippen LogP contribution is -2.62. The van der Waals surface area contributed by atoms with E-state index in [9.17, 15) is 0 Å². The molecule has 1 aromatic carbocycles. The molecular formula is C18H28O2. The Kier molecular flexibility index (Phi) is 4.55. The molecule has 0 amide bonds. The van der Waals surface area contributed by atoms with Crippen molar-refractivity contribution >= 4 is 0 Å². The molecule has 2 nitrogen and oxygen atoms in total. The first-order valence-electron chi connectivity index (χ1n) is 7.84. The van der Waals surface area contributed by atoms with Crippen LogP contribution >= 0.6 is 0 Å². The Bertz CT molecular complexity index is 435. The minimum absolute atomic E-state index is 0.0981. The van der Waals surface area contributed by atoms with Crippen molar-refractivity contribution < 1.29 is 9.84 Å². The lowest BCUT2D eigenvalue weighted by molar-refractivity contribution is -0.309. The Hall–Kier alpha value is -0.860. The summed E-state index contributed by atoms with van der Waals surface area (Å²) >= 11 is 0. The molecule has 0 saturated carbocycles. The van der Waals surface area contributed by atoms with Crippen molar-refractivity contribution in [1.29, 1.82) is 0 Å². The number of benzene rings is 1. The average Bonchev–Trinajstić information content (AvgIpc) is 2.46. The van der Waals surface area contributed by atoms with Crippen LogP contribution in [0.15, 0.2) is 24.3 Å². The second-order valence-electron chi connectivity index (χ2n) is 6.71. The Balaban J connectivity index is 2.08. The fraction of sp³-hybridized carbons (Fsp3) is 0.667. The van der Waals surface area contributed by atoms with E-state index >= 15 is 0 Å². The number of unbranched alkanes of at least 4 members (excludes halogenated alkanes) is 2. The van der Waals surface area contributed by atoms with Crippen LogP contribution in [0.5, 0.6) is 0 Å². The van der Waals surface area contributed by atoms with Gasteiger partial charge in [-0.15, -0.1) is 0 Å². The molecule has 1 saturated heterocycles. The molecule has 1 aliphatic heterocycles. The van der Waals surface area contributed by atoms with Gasteiger partial charge in [-0.05, 0) is 24.5 Å². The molecule has 0 bridgehead atoms. The van der Waals surface area contributed by atoms with Gasteiger partial charge in [0.15, 0.2) is 0 Å². The van der Waals surface area contributed by atoms with Crippen molar-refractivity contribution in [1.82, 2.24) is 0 Å². The molecule has 112 valence electrons. The maximum absolute atomic E-state index is 9.14. The minimum atomic E-state index is -0.210. The van der Waals surface area contributed by atoms with Crippen LogP contribution in [-0.4, -0.2) is 11.2 Å². The fourth-order valence-electron chi connectivity index (χ4n) is 3.20. The molecule has 1 heterocycles. The lowest BCUT2D eigenvalue weighted by atomic mass is 9.62. The zero-order valence-corrected chi connectivity index (χ0v) is 13.3. The number of ether oxygens (including phenoxy) is 1. The maximum atomic E-state index is 9.14. The monoisotopic (exact) mass is 276 g/mol. The summed E-state index contributed by atoms with van der Waals surface area (Å²) in [4.78, 5) is 0. The third-order valence-electron chi connectivity index (χ3n) is 5.17. The zero-order valence-electron chi connectivity index (χ0n) is 13.3. The second kappa shape index (κ2) is 5.87. The summed E-state index contributed by atoms with van der Waals surface area (Å²) in [7, 11) is 0. The van der Waals surface area contributed by atoms with Gasteiger partial charge in [0.05, 0.1) is 18.3 Å². The molecule has 0 aliphatic carbocycles. The molecule has 0 spiro atoms. The first kappa shape index (κ1) is 15.5. The molecule has 2 atom stereocenters. The molecule has 20 heavy (non-hydrogen) atoms. The number of hydrogen-bond acceptors (Lipinski definition) is 2. The van der Waals surface area contributed by atoms with Gasteiger partial charge < -0.3 is 9.84 Å². The van der Waals surface area contributed by atoms with Gasteiger partial charge in [0.25, 0.3) is 0 Å². The molecule has 2 heteroatoms. The van der Waals surface area contributed by atoms with Crippen LogP contribution in [0.1, 0.15) is 64.5 Å². The SMILES string of the molecule is CCCCCC1OC(C)(c2ccc(CO)cc2)C1(C)C. The Morgan fingerprint density at radius 2 is 1.75 bits per heavy atom. The summed E-state index contributed by atoms with van der Waals surface area (Å²) in [6.07, 6.45) is 5.32. The normalized spacial score (nSPS) is 28.1. The molecule has 0 aromatic heterocycles. The van der Waals surface area contributed by atoms with E-state index in [0.29, 0.717) is 6.10 Å². The van der Waals surface area contributed by atoms with Crippen LogP contribution in [0.3, 0.4) is 0 Å². The van der Waals surface area contributed by atoms with E-state index < -0.39 is 0 Å². The van der Waals surface area contributed by atoms with Gasteiger partial charge in [0.1, 0.15) is 0 Å². The highest BCUT2D eigenvalue weighted by Crippen LogP contribution is 2.57. The highest BCUT2D eigenvalue weighted by molar-refractivity contribution is 5.31. The Labute approximate surface area is 123 Å². The average molecular weight is 276 g/mol. The van der Waals surface area contributed by atoms with Gasteiger partial charge in [-0.25, -0.2) is 0 Å². The van der Waals surface area contributed by atoms with Gasteiger partial charge in [-0.1, -0.05) is 64.3 Å². The van der Waals surface area contributed by atoms with Crippen molar-refractivity contribution in [3.8, 4) is 0 Å². The van der Waals surface area contributed by atoms with Crippen LogP contribution in [0, 0.1) is 5.41 Å². The van der Waals surface area contributed by atoms with Gasteiger partial charge in [-0.3, -0.25) is 0 Å². The third kappa shape index (κ3) is 2.51. The first-order valence-corrected chi connectivity index (χ1v) is 7.84. The summed E-state index contributed by atoms with van der Waals surface area (Å²) in [5.74, 6) is 0. The standard InChI is InChI=1S/C18H28O2/c1-5-6-7-8-16-17(2,3)18(4,20-16)15-11-9-14(13-19)10-12-15/h9-12,16,19H,5-8,13H2,1-4H3. The van der Waals surface area contributed by atoms with Gasteiger partial charge in [0, 0.05) is 5.41 Å². The summed E-state index contributed by atoms with van der Waals surface area (Å²) in [6.45, 7) is 9.15. The molecular weight excluding hydrogens is 248 g/mol. The van der Waals surface area contributed by atoms with Crippen LogP contribution in [0.25, 0.3) is 0 Å². The summed E-state index contributed by atoms with van der Waals surface area (Å²) in [5.41, 5.74) is 2.11. The van der Waals surface area contributed by atoms with Crippen molar-refractivity contribution in [2.75, 3.05) is 0 Å². The van der Waals surface area contributed by atoms with Crippen LogP contribution in [-0.2, 0) is 16.9 Å². The van der Waals surface area contributed by atoms with Crippen LogP contribution in [0.2, 0.25) is 0 Å². The van der Waals surface area contributed by atoms with Crippen molar-refractivity contribution in [3.05, 3.63) is 35.4 Å². The number of hydrogen-bond donors (Lipinski definition) is 1. The molecule has 2 rings (SSSR count). The van der Waals surface area contributed by atoms with E-state index in [1.54, 1.807) is 0 Å².